The molecule has 0 spiro atoms. The fraction of sp³-hybridized carbons (Fsp3) is 0.833. The van der Waals surface area contributed by atoms with Crippen LogP contribution in [0.5, 0.6) is 0 Å². The first-order valence-electron chi connectivity index (χ1n) is 5.90. The van der Waals surface area contributed by atoms with Gasteiger partial charge in [0.25, 0.3) is 0 Å². The number of rotatable bonds is 8. The van der Waals surface area contributed by atoms with Gasteiger partial charge < -0.3 is 14.8 Å². The third-order valence-corrected chi connectivity index (χ3v) is 2.68. The van der Waals surface area contributed by atoms with Gasteiger partial charge in [0.2, 0.25) is 0 Å². The smallest absolute Gasteiger partial charge is 0.0704 e. The minimum absolute atomic E-state index is 0.621. The van der Waals surface area contributed by atoms with Crippen molar-refractivity contribution in [3.63, 3.8) is 0 Å². The molecule has 0 bridgehead atoms. The molecule has 1 fully saturated rings. The summed E-state index contributed by atoms with van der Waals surface area (Å²) < 4.78 is 10.7. The van der Waals surface area contributed by atoms with Gasteiger partial charge in [0.05, 0.1) is 19.8 Å². The van der Waals surface area contributed by atoms with Crippen LogP contribution in [-0.4, -0.2) is 39.5 Å². The van der Waals surface area contributed by atoms with E-state index in [1.807, 2.05) is 0 Å². The van der Waals surface area contributed by atoms with E-state index in [-0.39, 0.29) is 0 Å². The summed E-state index contributed by atoms with van der Waals surface area (Å²) in [5.41, 5.74) is 0. The Labute approximate surface area is 92.8 Å². The van der Waals surface area contributed by atoms with E-state index in [0.717, 1.165) is 19.1 Å². The van der Waals surface area contributed by atoms with E-state index in [0.29, 0.717) is 19.8 Å². The summed E-state index contributed by atoms with van der Waals surface area (Å²) in [5, 5.41) is 3.41. The molecule has 3 nitrogen and oxygen atoms in total. The Kier molecular flexibility index (Phi) is 7.52. The largest absolute Gasteiger partial charge is 0.379 e. The molecule has 0 aliphatic carbocycles. The van der Waals surface area contributed by atoms with Crippen molar-refractivity contribution in [1.29, 1.82) is 0 Å². The van der Waals surface area contributed by atoms with Crippen LogP contribution in [0, 0.1) is 5.92 Å². The maximum Gasteiger partial charge on any atom is 0.0704 e. The molecule has 15 heavy (non-hydrogen) atoms. The molecule has 0 aromatic heterocycles. The lowest BCUT2D eigenvalue weighted by Crippen LogP contribution is -2.30. The van der Waals surface area contributed by atoms with E-state index in [4.69, 9.17) is 9.47 Å². The predicted octanol–water partition coefficient (Wildman–Crippen LogP) is 1.60. The van der Waals surface area contributed by atoms with E-state index in [1.165, 1.54) is 25.8 Å². The summed E-state index contributed by atoms with van der Waals surface area (Å²) >= 11 is 0. The quantitative estimate of drug-likeness (QED) is 0.490. The molecule has 0 unspecified atom stereocenters. The zero-order valence-corrected chi connectivity index (χ0v) is 9.54. The molecule has 1 atom stereocenters. The third-order valence-electron chi connectivity index (χ3n) is 2.68. The van der Waals surface area contributed by atoms with Gasteiger partial charge in [0, 0.05) is 6.61 Å². The summed E-state index contributed by atoms with van der Waals surface area (Å²) in [4.78, 5) is 0. The molecule has 0 aromatic rings. The van der Waals surface area contributed by atoms with E-state index in [9.17, 15) is 0 Å². The van der Waals surface area contributed by atoms with Crippen LogP contribution in [0.1, 0.15) is 19.3 Å². The van der Waals surface area contributed by atoms with Gasteiger partial charge in [-0.15, -0.1) is 6.58 Å². The van der Waals surface area contributed by atoms with Crippen molar-refractivity contribution in [2.75, 3.05) is 39.5 Å². The minimum Gasteiger partial charge on any atom is -0.379 e. The lowest BCUT2D eigenvalue weighted by atomic mass is 9.97. The second kappa shape index (κ2) is 8.89. The van der Waals surface area contributed by atoms with Crippen LogP contribution in [0.2, 0.25) is 0 Å². The Morgan fingerprint density at radius 2 is 2.13 bits per heavy atom. The van der Waals surface area contributed by atoms with Gasteiger partial charge >= 0.3 is 0 Å². The van der Waals surface area contributed by atoms with Crippen LogP contribution >= 0.6 is 0 Å². The average Bonchev–Trinajstić information content (AvgIpc) is 2.29. The number of nitrogens with one attached hydrogen (secondary N) is 1. The first-order chi connectivity index (χ1) is 7.43. The normalized spacial score (nSPS) is 21.5. The second-order valence-corrected chi connectivity index (χ2v) is 3.98. The van der Waals surface area contributed by atoms with E-state index < -0.39 is 0 Å². The van der Waals surface area contributed by atoms with Gasteiger partial charge in [-0.1, -0.05) is 6.08 Å². The van der Waals surface area contributed by atoms with E-state index in [1.54, 1.807) is 6.08 Å². The van der Waals surface area contributed by atoms with Gasteiger partial charge in [-0.05, 0) is 38.3 Å². The maximum atomic E-state index is 5.50. The summed E-state index contributed by atoms with van der Waals surface area (Å²) in [7, 11) is 0. The first kappa shape index (κ1) is 12.7. The summed E-state index contributed by atoms with van der Waals surface area (Å²) in [6, 6.07) is 0. The van der Waals surface area contributed by atoms with Crippen molar-refractivity contribution in [3.05, 3.63) is 12.7 Å². The summed E-state index contributed by atoms with van der Waals surface area (Å²) in [6.07, 6.45) is 5.60. The van der Waals surface area contributed by atoms with Crippen molar-refractivity contribution in [2.45, 2.75) is 19.3 Å². The van der Waals surface area contributed by atoms with E-state index in [2.05, 4.69) is 11.9 Å². The highest BCUT2D eigenvalue weighted by Gasteiger charge is 2.11. The van der Waals surface area contributed by atoms with Crippen molar-refractivity contribution < 1.29 is 9.47 Å². The van der Waals surface area contributed by atoms with Crippen molar-refractivity contribution in [2.24, 2.45) is 5.92 Å². The average molecular weight is 213 g/mol. The van der Waals surface area contributed by atoms with Crippen molar-refractivity contribution in [3.8, 4) is 0 Å². The van der Waals surface area contributed by atoms with Gasteiger partial charge in [0.1, 0.15) is 0 Å². The Balaban J connectivity index is 1.81. The van der Waals surface area contributed by atoms with Crippen molar-refractivity contribution >= 4 is 0 Å². The highest BCUT2D eigenvalue weighted by Crippen LogP contribution is 2.13. The number of ether oxygens (including phenoxy) is 2. The topological polar surface area (TPSA) is 30.5 Å². The van der Waals surface area contributed by atoms with Crippen LogP contribution in [0.15, 0.2) is 12.7 Å². The van der Waals surface area contributed by atoms with Crippen LogP contribution < -0.4 is 5.32 Å². The van der Waals surface area contributed by atoms with Crippen LogP contribution in [0.25, 0.3) is 0 Å². The molecule has 0 aromatic carbocycles. The molecule has 88 valence electrons. The summed E-state index contributed by atoms with van der Waals surface area (Å²) in [6.45, 7) is 8.80. The molecule has 3 heteroatoms. The number of piperidine rings is 1. The number of hydrogen-bond donors (Lipinski definition) is 1. The second-order valence-electron chi connectivity index (χ2n) is 3.98. The van der Waals surface area contributed by atoms with Gasteiger partial charge in [-0.25, -0.2) is 0 Å². The van der Waals surface area contributed by atoms with Crippen molar-refractivity contribution in [1.82, 2.24) is 5.32 Å². The molecule has 1 aliphatic rings. The standard InChI is InChI=1S/C12H23NO2/c1-2-7-14-9-10-15-8-5-12-4-3-6-13-11-12/h2,12-13H,1,3-11H2/t12-/m0/s1. The highest BCUT2D eigenvalue weighted by atomic mass is 16.5. The lowest BCUT2D eigenvalue weighted by molar-refractivity contribution is 0.0513. The highest BCUT2D eigenvalue weighted by molar-refractivity contribution is 4.68. The van der Waals surface area contributed by atoms with Crippen LogP contribution in [0.4, 0.5) is 0 Å². The Morgan fingerprint density at radius 1 is 1.27 bits per heavy atom. The summed E-state index contributed by atoms with van der Waals surface area (Å²) in [5.74, 6) is 0.813. The van der Waals surface area contributed by atoms with Gasteiger partial charge in [0.15, 0.2) is 0 Å². The third kappa shape index (κ3) is 6.66. The molecule has 1 saturated heterocycles. The minimum atomic E-state index is 0.621. The Morgan fingerprint density at radius 3 is 2.87 bits per heavy atom. The monoisotopic (exact) mass is 213 g/mol. The first-order valence-corrected chi connectivity index (χ1v) is 5.90. The number of hydrogen-bond acceptors (Lipinski definition) is 3. The zero-order chi connectivity index (χ0) is 10.8. The maximum absolute atomic E-state index is 5.50. The molecule has 0 radical (unpaired) electrons. The molecule has 1 aliphatic heterocycles. The fourth-order valence-electron chi connectivity index (χ4n) is 1.81. The van der Waals surface area contributed by atoms with Crippen LogP contribution in [0.3, 0.4) is 0 Å². The Hall–Kier alpha value is -0.380. The fourth-order valence-corrected chi connectivity index (χ4v) is 1.81. The van der Waals surface area contributed by atoms with Gasteiger partial charge in [-0.2, -0.15) is 0 Å². The van der Waals surface area contributed by atoms with Gasteiger partial charge in [-0.3, -0.25) is 0 Å². The lowest BCUT2D eigenvalue weighted by Gasteiger charge is -2.22. The molecular weight excluding hydrogens is 190 g/mol. The molecular formula is C12H23NO2. The molecule has 1 rings (SSSR count). The molecule has 1 heterocycles. The molecule has 1 N–H and O–H groups in total. The SMILES string of the molecule is C=CCOCCOCC[C@@H]1CCCNC1. The van der Waals surface area contributed by atoms with Crippen LogP contribution in [-0.2, 0) is 9.47 Å². The molecule has 0 saturated carbocycles. The van der Waals surface area contributed by atoms with E-state index >= 15 is 0 Å². The Bertz CT molecular complexity index is 156. The molecule has 0 amide bonds. The zero-order valence-electron chi connectivity index (χ0n) is 9.54. The predicted molar refractivity (Wildman–Crippen MR) is 62.0 cm³/mol.